The van der Waals surface area contributed by atoms with Gasteiger partial charge < -0.3 is 10.1 Å². The third-order valence-electron chi connectivity index (χ3n) is 4.74. The van der Waals surface area contributed by atoms with E-state index in [1.807, 2.05) is 42.5 Å². The molecule has 0 fully saturated rings. The van der Waals surface area contributed by atoms with E-state index in [4.69, 9.17) is 4.74 Å². The minimum absolute atomic E-state index is 0.190. The van der Waals surface area contributed by atoms with Gasteiger partial charge in [-0.05, 0) is 62.8 Å². The molecule has 0 saturated carbocycles. The fourth-order valence-corrected chi connectivity index (χ4v) is 3.72. The Labute approximate surface area is 162 Å². The molecule has 3 nitrogen and oxygen atoms in total. The number of anilines is 1. The van der Waals surface area contributed by atoms with E-state index in [2.05, 4.69) is 47.2 Å². The maximum atomic E-state index is 12.9. The van der Waals surface area contributed by atoms with Crippen molar-refractivity contribution in [3.05, 3.63) is 70.2 Å². The monoisotopic (exact) mass is 411 g/mol. The molecule has 0 heterocycles. The van der Waals surface area contributed by atoms with Crippen LogP contribution in [0.4, 0.5) is 5.69 Å². The van der Waals surface area contributed by atoms with Gasteiger partial charge in [-0.3, -0.25) is 4.79 Å². The quantitative estimate of drug-likeness (QED) is 0.528. The van der Waals surface area contributed by atoms with Gasteiger partial charge in [0.2, 0.25) is 0 Å². The lowest BCUT2D eigenvalue weighted by Crippen LogP contribution is -2.13. The van der Waals surface area contributed by atoms with Gasteiger partial charge in [-0.15, -0.1) is 0 Å². The Kier molecular flexibility index (Phi) is 5.62. The minimum atomic E-state index is -0.190. The number of benzene rings is 3. The first-order chi connectivity index (χ1) is 12.5. The lowest BCUT2D eigenvalue weighted by atomic mass is 9.98. The van der Waals surface area contributed by atoms with Crippen molar-refractivity contribution >= 4 is 38.3 Å². The Morgan fingerprint density at radius 1 is 1.15 bits per heavy atom. The van der Waals surface area contributed by atoms with Crippen LogP contribution in [0.1, 0.15) is 42.1 Å². The Bertz CT molecular complexity index is 935. The molecule has 3 aromatic carbocycles. The van der Waals surface area contributed by atoms with Crippen LogP contribution in [0.15, 0.2) is 59.1 Å². The molecule has 0 aliphatic carbocycles. The van der Waals surface area contributed by atoms with Crippen molar-refractivity contribution in [1.82, 2.24) is 0 Å². The molecule has 0 bridgehead atoms. The van der Waals surface area contributed by atoms with Gasteiger partial charge in [0.25, 0.3) is 5.91 Å². The van der Waals surface area contributed by atoms with Crippen molar-refractivity contribution in [2.75, 3.05) is 12.4 Å². The molecule has 0 aliphatic heterocycles. The summed E-state index contributed by atoms with van der Waals surface area (Å²) < 4.78 is 6.29. The van der Waals surface area contributed by atoms with Gasteiger partial charge in [0.1, 0.15) is 5.75 Å². The zero-order valence-corrected chi connectivity index (χ0v) is 16.8. The molecule has 0 radical (unpaired) electrons. The van der Waals surface area contributed by atoms with E-state index in [1.54, 1.807) is 7.11 Å². The molecule has 26 heavy (non-hydrogen) atoms. The standard InChI is InChI=1S/C22H22BrNO2/c1-4-14(2)15-9-11-17(12-10-15)24-22(25)19-13-16-7-5-6-8-18(16)20(23)21(19)26-3/h5-14H,4H2,1-3H3,(H,24,25)/t14-/m1/s1. The lowest BCUT2D eigenvalue weighted by molar-refractivity contribution is 0.102. The largest absolute Gasteiger partial charge is 0.495 e. The number of amides is 1. The van der Waals surface area contributed by atoms with Crippen LogP contribution in [0.25, 0.3) is 10.8 Å². The van der Waals surface area contributed by atoms with Crippen LogP contribution in [0.5, 0.6) is 5.75 Å². The molecule has 4 heteroatoms. The molecular weight excluding hydrogens is 390 g/mol. The van der Waals surface area contributed by atoms with Crippen molar-refractivity contribution in [1.29, 1.82) is 0 Å². The topological polar surface area (TPSA) is 38.3 Å². The van der Waals surface area contributed by atoms with E-state index in [9.17, 15) is 4.79 Å². The van der Waals surface area contributed by atoms with Crippen LogP contribution < -0.4 is 10.1 Å². The van der Waals surface area contributed by atoms with Crippen LogP contribution in [0.2, 0.25) is 0 Å². The second-order valence-electron chi connectivity index (χ2n) is 6.38. The predicted molar refractivity (Wildman–Crippen MR) is 111 cm³/mol. The summed E-state index contributed by atoms with van der Waals surface area (Å²) >= 11 is 3.57. The van der Waals surface area contributed by atoms with Crippen molar-refractivity contribution in [3.63, 3.8) is 0 Å². The number of methoxy groups -OCH3 is 1. The predicted octanol–water partition coefficient (Wildman–Crippen LogP) is 6.38. The second kappa shape index (κ2) is 7.92. The SMILES string of the molecule is CC[C@@H](C)c1ccc(NC(=O)c2cc3ccccc3c(Br)c2OC)cc1. The van der Waals surface area contributed by atoms with Crippen molar-refractivity contribution in [2.45, 2.75) is 26.2 Å². The number of rotatable bonds is 5. The molecule has 1 amide bonds. The summed E-state index contributed by atoms with van der Waals surface area (Å²) in [4.78, 5) is 12.9. The van der Waals surface area contributed by atoms with Gasteiger partial charge >= 0.3 is 0 Å². The summed E-state index contributed by atoms with van der Waals surface area (Å²) in [6.07, 6.45) is 1.09. The molecule has 0 spiro atoms. The Morgan fingerprint density at radius 3 is 2.50 bits per heavy atom. The summed E-state index contributed by atoms with van der Waals surface area (Å²) in [7, 11) is 1.58. The molecule has 0 aliphatic rings. The summed E-state index contributed by atoms with van der Waals surface area (Å²) in [6.45, 7) is 4.37. The van der Waals surface area contributed by atoms with Crippen molar-refractivity contribution < 1.29 is 9.53 Å². The third kappa shape index (κ3) is 3.61. The number of ether oxygens (including phenoxy) is 1. The number of halogens is 1. The lowest BCUT2D eigenvalue weighted by Gasteiger charge is -2.14. The van der Waals surface area contributed by atoms with Gasteiger partial charge in [0.05, 0.1) is 17.1 Å². The average molecular weight is 412 g/mol. The van der Waals surface area contributed by atoms with Crippen LogP contribution in [-0.4, -0.2) is 13.0 Å². The van der Waals surface area contributed by atoms with Crippen LogP contribution in [-0.2, 0) is 0 Å². The van der Waals surface area contributed by atoms with Gasteiger partial charge in [-0.1, -0.05) is 50.2 Å². The first-order valence-corrected chi connectivity index (χ1v) is 9.51. The zero-order chi connectivity index (χ0) is 18.7. The van der Waals surface area contributed by atoms with Crippen molar-refractivity contribution in [2.24, 2.45) is 0 Å². The molecule has 3 rings (SSSR count). The highest BCUT2D eigenvalue weighted by atomic mass is 79.9. The van der Waals surface area contributed by atoms with E-state index in [-0.39, 0.29) is 5.91 Å². The second-order valence-corrected chi connectivity index (χ2v) is 7.17. The van der Waals surface area contributed by atoms with Crippen LogP contribution >= 0.6 is 15.9 Å². The van der Waals surface area contributed by atoms with E-state index >= 15 is 0 Å². The van der Waals surface area contributed by atoms with Crippen molar-refractivity contribution in [3.8, 4) is 5.75 Å². The smallest absolute Gasteiger partial charge is 0.259 e. The van der Waals surface area contributed by atoms with E-state index in [0.29, 0.717) is 17.2 Å². The third-order valence-corrected chi connectivity index (χ3v) is 5.53. The van der Waals surface area contributed by atoms with E-state index < -0.39 is 0 Å². The van der Waals surface area contributed by atoms with Gasteiger partial charge in [-0.2, -0.15) is 0 Å². The Hall–Kier alpha value is -2.33. The number of carbonyl (C=O) groups excluding carboxylic acids is 1. The number of nitrogens with one attached hydrogen (secondary N) is 1. The van der Waals surface area contributed by atoms with E-state index in [1.165, 1.54) is 5.56 Å². The number of hydrogen-bond donors (Lipinski definition) is 1. The molecule has 0 aromatic heterocycles. The molecular formula is C22H22BrNO2. The highest BCUT2D eigenvalue weighted by Crippen LogP contribution is 2.37. The first kappa shape index (κ1) is 18.5. The first-order valence-electron chi connectivity index (χ1n) is 8.71. The molecule has 0 saturated heterocycles. The molecule has 1 atom stereocenters. The molecule has 1 N–H and O–H groups in total. The fourth-order valence-electron chi connectivity index (χ4n) is 2.98. The number of carbonyl (C=O) groups is 1. The zero-order valence-electron chi connectivity index (χ0n) is 15.2. The molecule has 0 unspecified atom stereocenters. The maximum absolute atomic E-state index is 12.9. The van der Waals surface area contributed by atoms with Crippen LogP contribution in [0, 0.1) is 0 Å². The number of hydrogen-bond acceptors (Lipinski definition) is 2. The Balaban J connectivity index is 1.92. The summed E-state index contributed by atoms with van der Waals surface area (Å²) in [5.74, 6) is 0.860. The highest BCUT2D eigenvalue weighted by Gasteiger charge is 2.18. The van der Waals surface area contributed by atoms with Crippen LogP contribution in [0.3, 0.4) is 0 Å². The number of fused-ring (bicyclic) bond motifs is 1. The Morgan fingerprint density at radius 2 is 1.85 bits per heavy atom. The molecule has 134 valence electrons. The highest BCUT2D eigenvalue weighted by molar-refractivity contribution is 9.10. The summed E-state index contributed by atoms with van der Waals surface area (Å²) in [5, 5.41) is 4.97. The average Bonchev–Trinajstić information content (AvgIpc) is 2.68. The van der Waals surface area contributed by atoms with Gasteiger partial charge in [0, 0.05) is 5.69 Å². The fraction of sp³-hybridized carbons (Fsp3) is 0.227. The summed E-state index contributed by atoms with van der Waals surface area (Å²) in [5.41, 5.74) is 2.55. The normalized spacial score (nSPS) is 12.0. The molecule has 3 aromatic rings. The summed E-state index contributed by atoms with van der Waals surface area (Å²) in [6, 6.07) is 17.8. The van der Waals surface area contributed by atoms with E-state index in [0.717, 1.165) is 27.4 Å². The van der Waals surface area contributed by atoms with Gasteiger partial charge in [-0.25, -0.2) is 0 Å². The maximum Gasteiger partial charge on any atom is 0.259 e. The van der Waals surface area contributed by atoms with Gasteiger partial charge in [0.15, 0.2) is 0 Å². The minimum Gasteiger partial charge on any atom is -0.495 e.